The van der Waals surface area contributed by atoms with Gasteiger partial charge in [0.25, 0.3) is 0 Å². The second kappa shape index (κ2) is 9.49. The van der Waals surface area contributed by atoms with Gasteiger partial charge in [0, 0.05) is 50.3 Å². The van der Waals surface area contributed by atoms with Gasteiger partial charge in [-0.25, -0.2) is 0 Å². The van der Waals surface area contributed by atoms with Gasteiger partial charge in [0.1, 0.15) is 24.2 Å². The number of aliphatic hydroxyl groups excluding tert-OH is 1. The maximum Gasteiger partial charge on any atom is 0.163 e. The number of ether oxygens (including phenoxy) is 2. The number of Topliss-reactive ketones (excluding diaryl/α,β-unsaturated/α-hetero) is 1. The van der Waals surface area contributed by atoms with Gasteiger partial charge in [-0.15, -0.1) is 0 Å². The van der Waals surface area contributed by atoms with Gasteiger partial charge in [-0.05, 0) is 31.0 Å². The van der Waals surface area contributed by atoms with Crippen LogP contribution in [0.1, 0.15) is 28.8 Å². The lowest BCUT2D eigenvalue weighted by molar-refractivity contribution is 0.0658. The summed E-state index contributed by atoms with van der Waals surface area (Å²) < 4.78 is 11.4. The zero-order chi connectivity index (χ0) is 20.9. The number of nitrogens with zero attached hydrogens (tertiary/aromatic N) is 2. The van der Waals surface area contributed by atoms with Crippen molar-refractivity contribution in [3.8, 4) is 11.5 Å². The molecule has 0 bridgehead atoms. The average molecular weight is 411 g/mol. The summed E-state index contributed by atoms with van der Waals surface area (Å²) in [5.41, 5.74) is 2.89. The van der Waals surface area contributed by atoms with Crippen LogP contribution in [0.3, 0.4) is 0 Å². The Bertz CT molecular complexity index is 877. The Kier molecular flexibility index (Phi) is 6.55. The van der Waals surface area contributed by atoms with E-state index in [4.69, 9.17) is 9.47 Å². The first-order valence-electron chi connectivity index (χ1n) is 10.7. The fraction of sp³-hybridized carbons (Fsp3) is 0.458. The third-order valence-corrected chi connectivity index (χ3v) is 5.96. The summed E-state index contributed by atoms with van der Waals surface area (Å²) in [6, 6.07) is 13.7. The van der Waals surface area contributed by atoms with E-state index in [1.54, 1.807) is 7.11 Å². The number of ketones is 1. The summed E-state index contributed by atoms with van der Waals surface area (Å²) >= 11 is 0. The molecule has 1 atom stereocenters. The number of methoxy groups -OCH3 is 1. The number of aliphatic hydroxyl groups is 1. The van der Waals surface area contributed by atoms with Gasteiger partial charge in [-0.1, -0.05) is 24.3 Å². The van der Waals surface area contributed by atoms with Gasteiger partial charge in [-0.3, -0.25) is 9.69 Å². The fourth-order valence-electron chi connectivity index (χ4n) is 4.38. The molecule has 0 aromatic heterocycles. The third-order valence-electron chi connectivity index (χ3n) is 5.96. The molecule has 1 N–H and O–H groups in total. The normalized spacial score (nSPS) is 18.1. The molecule has 1 saturated heterocycles. The molecule has 2 aromatic rings. The lowest BCUT2D eigenvalue weighted by Gasteiger charge is -2.37. The van der Waals surface area contributed by atoms with E-state index in [9.17, 15) is 9.90 Å². The second-order valence-electron chi connectivity index (χ2n) is 7.98. The number of β-amino-alcohol motifs (C(OH)–C–C–N with tert-alkyl or cyclic N) is 1. The minimum atomic E-state index is -0.571. The number of hydrogen-bond donors (Lipinski definition) is 1. The minimum Gasteiger partial charge on any atom is -0.495 e. The molecule has 0 radical (unpaired) electrons. The smallest absolute Gasteiger partial charge is 0.163 e. The zero-order valence-corrected chi connectivity index (χ0v) is 17.5. The van der Waals surface area contributed by atoms with Gasteiger partial charge >= 0.3 is 0 Å². The van der Waals surface area contributed by atoms with Gasteiger partial charge < -0.3 is 19.5 Å². The van der Waals surface area contributed by atoms with Crippen molar-refractivity contribution in [3.05, 3.63) is 53.6 Å². The number of hydrogen-bond acceptors (Lipinski definition) is 6. The number of para-hydroxylation sites is 2. The van der Waals surface area contributed by atoms with Crippen molar-refractivity contribution in [2.75, 3.05) is 51.3 Å². The van der Waals surface area contributed by atoms with Crippen LogP contribution in [0.2, 0.25) is 0 Å². The van der Waals surface area contributed by atoms with Crippen molar-refractivity contribution in [2.24, 2.45) is 0 Å². The lowest BCUT2D eigenvalue weighted by atomic mass is 9.90. The Balaban J connectivity index is 1.27. The molecule has 160 valence electrons. The van der Waals surface area contributed by atoms with E-state index >= 15 is 0 Å². The van der Waals surface area contributed by atoms with Crippen molar-refractivity contribution in [3.63, 3.8) is 0 Å². The van der Waals surface area contributed by atoms with E-state index < -0.39 is 6.10 Å². The fourth-order valence-corrected chi connectivity index (χ4v) is 4.38. The molecule has 2 aromatic carbocycles. The number of anilines is 1. The van der Waals surface area contributed by atoms with E-state index in [0.29, 0.717) is 13.0 Å². The maximum atomic E-state index is 12.1. The van der Waals surface area contributed by atoms with Crippen LogP contribution in [0.15, 0.2) is 42.5 Å². The van der Waals surface area contributed by atoms with E-state index in [2.05, 4.69) is 15.9 Å². The Morgan fingerprint density at radius 3 is 2.57 bits per heavy atom. The number of benzene rings is 2. The molecule has 1 unspecified atom stereocenters. The van der Waals surface area contributed by atoms with Crippen LogP contribution >= 0.6 is 0 Å². The summed E-state index contributed by atoms with van der Waals surface area (Å²) in [7, 11) is 1.70. The highest BCUT2D eigenvalue weighted by Crippen LogP contribution is 2.30. The second-order valence-corrected chi connectivity index (χ2v) is 7.98. The lowest BCUT2D eigenvalue weighted by Crippen LogP contribution is -2.49. The van der Waals surface area contributed by atoms with Crippen LogP contribution in [0.5, 0.6) is 11.5 Å². The number of carbonyl (C=O) groups excluding carboxylic acids is 1. The quantitative estimate of drug-likeness (QED) is 0.757. The number of fused-ring (bicyclic) bond motifs is 1. The van der Waals surface area contributed by atoms with Crippen LogP contribution in [-0.2, 0) is 6.42 Å². The summed E-state index contributed by atoms with van der Waals surface area (Å²) in [5, 5.41) is 10.5. The van der Waals surface area contributed by atoms with Gasteiger partial charge in [0.2, 0.25) is 0 Å². The largest absolute Gasteiger partial charge is 0.495 e. The summed E-state index contributed by atoms with van der Waals surface area (Å²) in [6.07, 6.45) is 1.77. The predicted octanol–water partition coefficient (Wildman–Crippen LogP) is 2.78. The summed E-state index contributed by atoms with van der Waals surface area (Å²) in [6.45, 7) is 4.35. The van der Waals surface area contributed by atoms with Crippen LogP contribution in [0, 0.1) is 0 Å². The van der Waals surface area contributed by atoms with Crippen molar-refractivity contribution in [1.82, 2.24) is 4.90 Å². The van der Waals surface area contributed by atoms with Crippen molar-refractivity contribution < 1.29 is 19.4 Å². The maximum absolute atomic E-state index is 12.1. The van der Waals surface area contributed by atoms with Crippen molar-refractivity contribution >= 4 is 11.5 Å². The summed E-state index contributed by atoms with van der Waals surface area (Å²) in [4.78, 5) is 16.7. The Hall–Kier alpha value is -2.57. The Labute approximate surface area is 178 Å². The van der Waals surface area contributed by atoms with E-state index in [1.165, 1.54) is 0 Å². The highest BCUT2D eigenvalue weighted by atomic mass is 16.5. The number of piperazine rings is 1. The molecule has 0 saturated carbocycles. The number of carbonyl (C=O) groups is 1. The van der Waals surface area contributed by atoms with Crippen molar-refractivity contribution in [1.29, 1.82) is 0 Å². The highest BCUT2D eigenvalue weighted by molar-refractivity contribution is 5.99. The molecule has 1 fully saturated rings. The first-order chi connectivity index (χ1) is 14.7. The summed E-state index contributed by atoms with van der Waals surface area (Å²) in [5.74, 6) is 1.82. The van der Waals surface area contributed by atoms with Gasteiger partial charge in [0.05, 0.1) is 12.8 Å². The molecule has 0 spiro atoms. The molecular formula is C24H30N2O4. The molecule has 4 rings (SSSR count). The van der Waals surface area contributed by atoms with Gasteiger partial charge in [-0.2, -0.15) is 0 Å². The topological polar surface area (TPSA) is 62.2 Å². The highest BCUT2D eigenvalue weighted by Gasteiger charge is 2.23. The standard InChI is InChI=1S/C24H30N2O4/c1-29-24-10-3-2-8-21(24)26-14-12-25(13-15-26)16-18(27)17-30-23-11-5-6-19-20(23)7-4-9-22(19)28/h2-3,5-6,8,10-11,18,27H,4,7,9,12-17H2,1H3. The molecule has 6 nitrogen and oxygen atoms in total. The Morgan fingerprint density at radius 2 is 1.77 bits per heavy atom. The predicted molar refractivity (Wildman–Crippen MR) is 117 cm³/mol. The molecule has 2 aliphatic rings. The van der Waals surface area contributed by atoms with Gasteiger partial charge in [0.15, 0.2) is 5.78 Å². The molecule has 0 amide bonds. The van der Waals surface area contributed by atoms with E-state index in [0.717, 1.165) is 67.3 Å². The van der Waals surface area contributed by atoms with Crippen LogP contribution in [0.25, 0.3) is 0 Å². The van der Waals surface area contributed by atoms with E-state index in [-0.39, 0.29) is 12.4 Å². The molecule has 1 aliphatic carbocycles. The van der Waals surface area contributed by atoms with Crippen LogP contribution < -0.4 is 14.4 Å². The SMILES string of the molecule is COc1ccccc1N1CCN(CC(O)COc2cccc3c2CCCC3=O)CC1. The molecular weight excluding hydrogens is 380 g/mol. The zero-order valence-electron chi connectivity index (χ0n) is 17.5. The molecule has 30 heavy (non-hydrogen) atoms. The monoisotopic (exact) mass is 410 g/mol. The van der Waals surface area contributed by atoms with E-state index in [1.807, 2.05) is 36.4 Å². The molecule has 6 heteroatoms. The third kappa shape index (κ3) is 4.60. The minimum absolute atomic E-state index is 0.190. The Morgan fingerprint density at radius 1 is 1.00 bits per heavy atom. The number of rotatable bonds is 7. The molecule has 1 aliphatic heterocycles. The first kappa shape index (κ1) is 20.7. The van der Waals surface area contributed by atoms with Crippen LogP contribution in [0.4, 0.5) is 5.69 Å². The first-order valence-corrected chi connectivity index (χ1v) is 10.7. The molecule has 1 heterocycles. The average Bonchev–Trinajstić information content (AvgIpc) is 2.78. The van der Waals surface area contributed by atoms with Crippen molar-refractivity contribution in [2.45, 2.75) is 25.4 Å². The van der Waals surface area contributed by atoms with Crippen LogP contribution in [-0.4, -0.2) is 68.3 Å².